The number of aryl methyl sites for hydroxylation is 2. The van der Waals surface area contributed by atoms with Crippen LogP contribution in [0, 0.1) is 0 Å². The summed E-state index contributed by atoms with van der Waals surface area (Å²) in [6.45, 7) is 3.99. The van der Waals surface area contributed by atoms with Crippen LogP contribution < -0.4 is 19.8 Å². The summed E-state index contributed by atoms with van der Waals surface area (Å²) in [7, 11) is 3.10. The number of nitrogens with zero attached hydrogens (tertiary/aromatic N) is 3. The molecule has 9 heteroatoms. The zero-order valence-electron chi connectivity index (χ0n) is 19.2. The van der Waals surface area contributed by atoms with Crippen LogP contribution in [0.15, 0.2) is 45.6 Å². The highest BCUT2D eigenvalue weighted by Gasteiger charge is 2.46. The highest BCUT2D eigenvalue weighted by Crippen LogP contribution is 2.45. The number of aromatic nitrogens is 2. The van der Waals surface area contributed by atoms with Gasteiger partial charge in [0.1, 0.15) is 28.1 Å². The van der Waals surface area contributed by atoms with E-state index >= 15 is 0 Å². The summed E-state index contributed by atoms with van der Waals surface area (Å²) in [5.74, 6) is 0.646. The Bertz CT molecular complexity index is 1480. The van der Waals surface area contributed by atoms with Gasteiger partial charge >= 0.3 is 0 Å². The first-order chi connectivity index (χ1) is 16.5. The van der Waals surface area contributed by atoms with E-state index in [-0.39, 0.29) is 16.8 Å². The highest BCUT2D eigenvalue weighted by atomic mass is 32.1. The Morgan fingerprint density at radius 3 is 2.53 bits per heavy atom. The molecule has 34 heavy (non-hydrogen) atoms. The van der Waals surface area contributed by atoms with Gasteiger partial charge in [0, 0.05) is 5.56 Å². The first-order valence-corrected chi connectivity index (χ1v) is 11.8. The van der Waals surface area contributed by atoms with E-state index in [2.05, 4.69) is 10.2 Å². The van der Waals surface area contributed by atoms with Gasteiger partial charge in [0.15, 0.2) is 5.43 Å². The molecule has 3 heterocycles. The van der Waals surface area contributed by atoms with Crippen molar-refractivity contribution in [3.8, 4) is 11.5 Å². The third-order valence-corrected chi connectivity index (χ3v) is 7.11. The molecule has 1 atom stereocenters. The van der Waals surface area contributed by atoms with Crippen molar-refractivity contribution < 1.29 is 18.7 Å². The lowest BCUT2D eigenvalue weighted by Crippen LogP contribution is -2.29. The molecule has 1 aliphatic heterocycles. The van der Waals surface area contributed by atoms with E-state index in [1.54, 1.807) is 38.5 Å². The third-order valence-electron chi connectivity index (χ3n) is 6.04. The molecule has 8 nitrogen and oxygen atoms in total. The number of benzene rings is 2. The van der Waals surface area contributed by atoms with Crippen LogP contribution in [0.4, 0.5) is 5.13 Å². The van der Waals surface area contributed by atoms with Crippen LogP contribution in [-0.2, 0) is 12.8 Å². The number of hydrogen-bond acceptors (Lipinski definition) is 8. The molecule has 1 unspecified atom stereocenters. The molecule has 2 aromatic heterocycles. The minimum atomic E-state index is -0.809. The van der Waals surface area contributed by atoms with Crippen LogP contribution in [0.25, 0.3) is 11.0 Å². The number of anilines is 1. The lowest BCUT2D eigenvalue weighted by atomic mass is 9.97. The Hall–Kier alpha value is -3.72. The maximum atomic E-state index is 13.9. The van der Waals surface area contributed by atoms with Crippen molar-refractivity contribution >= 4 is 33.3 Å². The fourth-order valence-corrected chi connectivity index (χ4v) is 5.07. The monoisotopic (exact) mass is 477 g/mol. The lowest BCUT2D eigenvalue weighted by molar-refractivity contribution is 0.0970. The predicted molar refractivity (Wildman–Crippen MR) is 129 cm³/mol. The molecule has 0 spiro atoms. The number of amides is 1. The van der Waals surface area contributed by atoms with Gasteiger partial charge in [0.05, 0.1) is 25.2 Å². The molecule has 5 rings (SSSR count). The molecule has 1 amide bonds. The van der Waals surface area contributed by atoms with Crippen LogP contribution in [-0.4, -0.2) is 30.3 Å². The van der Waals surface area contributed by atoms with E-state index < -0.39 is 11.9 Å². The van der Waals surface area contributed by atoms with Gasteiger partial charge in [-0.3, -0.25) is 14.5 Å². The number of carbonyl (C=O) groups is 1. The number of rotatable bonds is 6. The first-order valence-electron chi connectivity index (χ1n) is 11.0. The second kappa shape index (κ2) is 8.57. The summed E-state index contributed by atoms with van der Waals surface area (Å²) < 4.78 is 17.1. The van der Waals surface area contributed by atoms with E-state index in [1.165, 1.54) is 16.2 Å². The lowest BCUT2D eigenvalue weighted by Gasteiger charge is -2.24. The van der Waals surface area contributed by atoms with Crippen molar-refractivity contribution in [3.05, 3.63) is 74.1 Å². The van der Waals surface area contributed by atoms with Crippen molar-refractivity contribution in [2.45, 2.75) is 32.7 Å². The fourth-order valence-electron chi connectivity index (χ4n) is 4.27. The van der Waals surface area contributed by atoms with Gasteiger partial charge in [0.25, 0.3) is 5.91 Å². The normalized spacial score (nSPS) is 15.1. The van der Waals surface area contributed by atoms with Crippen LogP contribution >= 0.6 is 11.3 Å². The van der Waals surface area contributed by atoms with E-state index in [9.17, 15) is 9.59 Å². The molecule has 0 radical (unpaired) electrons. The van der Waals surface area contributed by atoms with Crippen LogP contribution in [0.1, 0.15) is 52.1 Å². The average molecular weight is 478 g/mol. The number of fused-ring (bicyclic) bond motifs is 2. The molecular weight excluding hydrogens is 454 g/mol. The van der Waals surface area contributed by atoms with Crippen molar-refractivity contribution in [3.63, 3.8) is 0 Å². The quantitative estimate of drug-likeness (QED) is 0.402. The Morgan fingerprint density at radius 1 is 1.03 bits per heavy atom. The molecule has 174 valence electrons. The van der Waals surface area contributed by atoms with Gasteiger partial charge in [0.2, 0.25) is 10.9 Å². The minimum absolute atomic E-state index is 0.00451. The highest BCUT2D eigenvalue weighted by molar-refractivity contribution is 7.15. The number of carbonyl (C=O) groups excluding carboxylic acids is 1. The van der Waals surface area contributed by atoms with Crippen LogP contribution in [0.5, 0.6) is 11.5 Å². The van der Waals surface area contributed by atoms with Crippen molar-refractivity contribution in [2.75, 3.05) is 19.1 Å². The molecule has 0 saturated heterocycles. The molecule has 2 aromatic carbocycles. The molecule has 4 aromatic rings. The summed E-state index contributed by atoms with van der Waals surface area (Å²) in [6, 6.07) is 9.95. The first kappa shape index (κ1) is 22.1. The SMILES string of the molecule is CCc1ccc2oc3c(c(=O)c2c1)C(c1cc(OC)ccc1OC)N(c1nnc(CC)s1)C3=O. The summed E-state index contributed by atoms with van der Waals surface area (Å²) >= 11 is 1.31. The molecule has 0 aliphatic carbocycles. The van der Waals surface area contributed by atoms with Gasteiger partial charge in [-0.25, -0.2) is 0 Å². The largest absolute Gasteiger partial charge is 0.497 e. The molecule has 0 N–H and O–H groups in total. The molecular formula is C25H23N3O5S. The Balaban J connectivity index is 1.83. The van der Waals surface area contributed by atoms with Crippen molar-refractivity contribution in [1.29, 1.82) is 0 Å². The van der Waals surface area contributed by atoms with E-state index in [1.807, 2.05) is 26.0 Å². The van der Waals surface area contributed by atoms with Crippen molar-refractivity contribution in [1.82, 2.24) is 10.2 Å². The molecule has 0 saturated carbocycles. The average Bonchev–Trinajstić information content (AvgIpc) is 3.46. The third kappa shape index (κ3) is 3.35. The molecule has 0 fully saturated rings. The van der Waals surface area contributed by atoms with Gasteiger partial charge in [-0.1, -0.05) is 31.3 Å². The summed E-state index contributed by atoms with van der Waals surface area (Å²) in [6.07, 6.45) is 1.45. The molecule has 1 aliphatic rings. The van der Waals surface area contributed by atoms with Crippen LogP contribution in [0.3, 0.4) is 0 Å². The summed E-state index contributed by atoms with van der Waals surface area (Å²) in [5.41, 5.74) is 1.98. The second-order valence-corrected chi connectivity index (χ2v) is 8.92. The van der Waals surface area contributed by atoms with Crippen molar-refractivity contribution in [2.24, 2.45) is 0 Å². The number of methoxy groups -OCH3 is 2. The standard InChI is InChI=1S/C25H23N3O5S/c1-5-13-7-9-18-16(11-13)22(29)20-21(15-12-14(31-3)8-10-17(15)32-4)28(24(30)23(20)33-18)25-27-26-19(6-2)34-25/h7-12,21H,5-6H2,1-4H3. The smallest absolute Gasteiger partial charge is 0.297 e. The van der Waals surface area contributed by atoms with Gasteiger partial charge in [-0.05, 0) is 48.7 Å². The van der Waals surface area contributed by atoms with E-state index in [0.717, 1.165) is 17.0 Å². The maximum Gasteiger partial charge on any atom is 0.297 e. The topological polar surface area (TPSA) is 94.8 Å². The van der Waals surface area contributed by atoms with Gasteiger partial charge < -0.3 is 13.9 Å². The van der Waals surface area contributed by atoms with Gasteiger partial charge in [-0.2, -0.15) is 0 Å². The zero-order chi connectivity index (χ0) is 24.0. The van der Waals surface area contributed by atoms with Gasteiger partial charge in [-0.15, -0.1) is 10.2 Å². The maximum absolute atomic E-state index is 13.9. The number of ether oxygens (including phenoxy) is 2. The zero-order valence-corrected chi connectivity index (χ0v) is 20.1. The van der Waals surface area contributed by atoms with Crippen LogP contribution in [0.2, 0.25) is 0 Å². The predicted octanol–water partition coefficient (Wildman–Crippen LogP) is 4.54. The Morgan fingerprint density at radius 2 is 1.85 bits per heavy atom. The minimum Gasteiger partial charge on any atom is -0.497 e. The fraction of sp³-hybridized carbons (Fsp3) is 0.280. The van der Waals surface area contributed by atoms with E-state index in [0.29, 0.717) is 39.6 Å². The molecule has 0 bridgehead atoms. The summed E-state index contributed by atoms with van der Waals surface area (Å²) in [4.78, 5) is 29.1. The Labute approximate surface area is 199 Å². The second-order valence-electron chi connectivity index (χ2n) is 7.88. The van der Waals surface area contributed by atoms with E-state index in [4.69, 9.17) is 13.9 Å². The summed E-state index contributed by atoms with van der Waals surface area (Å²) in [5, 5.41) is 10.1. The Kier molecular flexibility index (Phi) is 5.57. The number of hydrogen-bond donors (Lipinski definition) is 0.